The maximum absolute atomic E-state index is 3.96. The molecule has 1 aromatic rings. The number of aromatic nitrogens is 3. The molecule has 0 aliphatic heterocycles. The highest BCUT2D eigenvalue weighted by Gasteiger charge is 1.86. The molecule has 1 heterocycles. The number of rotatable bonds is 3. The van der Waals surface area contributed by atoms with E-state index in [1.165, 1.54) is 12.8 Å². The van der Waals surface area contributed by atoms with Gasteiger partial charge >= 0.3 is 0 Å². The minimum absolute atomic E-state index is 0.997. The first-order valence-electron chi connectivity index (χ1n) is 3.26. The smallest absolute Gasteiger partial charge is 0.137 e. The van der Waals surface area contributed by atoms with Crippen LogP contribution in [-0.2, 0) is 6.54 Å². The topological polar surface area (TPSA) is 30.7 Å². The van der Waals surface area contributed by atoms with Gasteiger partial charge in [0.25, 0.3) is 0 Å². The number of nitrogens with zero attached hydrogens (tertiary/aromatic N) is 3. The van der Waals surface area contributed by atoms with E-state index in [1.807, 2.05) is 4.68 Å². The largest absolute Gasteiger partial charge is 0.253 e. The number of hydrogen-bond donors (Lipinski definition) is 0. The van der Waals surface area contributed by atoms with Gasteiger partial charge < -0.3 is 0 Å². The summed E-state index contributed by atoms with van der Waals surface area (Å²) in [6.45, 7) is 3.16. The second kappa shape index (κ2) is 3.22. The Bertz CT molecular complexity index is 145. The van der Waals surface area contributed by atoms with Crippen LogP contribution >= 0.6 is 0 Å². The van der Waals surface area contributed by atoms with Gasteiger partial charge in [-0.3, -0.25) is 4.68 Å². The quantitative estimate of drug-likeness (QED) is 0.605. The van der Waals surface area contributed by atoms with E-state index < -0.39 is 0 Å². The van der Waals surface area contributed by atoms with Crippen LogP contribution in [0.4, 0.5) is 0 Å². The summed E-state index contributed by atoms with van der Waals surface area (Å²) < 4.78 is 1.85. The third kappa shape index (κ3) is 1.83. The van der Waals surface area contributed by atoms with E-state index in [0.717, 1.165) is 6.54 Å². The molecule has 0 atom stereocenters. The third-order valence-electron chi connectivity index (χ3n) is 1.21. The Morgan fingerprint density at radius 1 is 1.56 bits per heavy atom. The molecule has 1 aromatic heterocycles. The molecule has 0 fully saturated rings. The van der Waals surface area contributed by atoms with E-state index >= 15 is 0 Å². The molecule has 1 rings (SSSR count). The van der Waals surface area contributed by atoms with Gasteiger partial charge in [-0.05, 0) is 6.42 Å². The molecule has 0 saturated heterocycles. The molecule has 0 bridgehead atoms. The first-order chi connectivity index (χ1) is 4.43. The summed E-state index contributed by atoms with van der Waals surface area (Å²) in [6.07, 6.45) is 5.70. The average molecular weight is 125 g/mol. The predicted molar refractivity (Wildman–Crippen MR) is 34.9 cm³/mol. The molecular weight excluding hydrogens is 114 g/mol. The highest BCUT2D eigenvalue weighted by Crippen LogP contribution is 1.89. The minimum atomic E-state index is 0.997. The molecule has 3 heteroatoms. The number of unbranched alkanes of at least 4 members (excludes halogenated alkanes) is 1. The lowest BCUT2D eigenvalue weighted by atomic mass is 10.3. The average Bonchev–Trinajstić information content (AvgIpc) is 2.34. The van der Waals surface area contributed by atoms with Crippen LogP contribution < -0.4 is 0 Å². The Labute approximate surface area is 54.7 Å². The van der Waals surface area contributed by atoms with Crippen molar-refractivity contribution in [2.24, 2.45) is 0 Å². The van der Waals surface area contributed by atoms with E-state index in [4.69, 9.17) is 0 Å². The zero-order valence-electron chi connectivity index (χ0n) is 5.62. The highest BCUT2D eigenvalue weighted by molar-refractivity contribution is 4.54. The number of hydrogen-bond acceptors (Lipinski definition) is 2. The maximum Gasteiger partial charge on any atom is 0.137 e. The Morgan fingerprint density at radius 3 is 3.00 bits per heavy atom. The molecular formula is C6H11N3. The summed E-state index contributed by atoms with van der Waals surface area (Å²) >= 11 is 0. The molecule has 9 heavy (non-hydrogen) atoms. The molecule has 0 saturated carbocycles. The Balaban J connectivity index is 2.30. The summed E-state index contributed by atoms with van der Waals surface area (Å²) in [5, 5.41) is 3.96. The molecule has 0 aliphatic carbocycles. The molecule has 0 aromatic carbocycles. The van der Waals surface area contributed by atoms with Crippen molar-refractivity contribution in [3.05, 3.63) is 12.7 Å². The summed E-state index contributed by atoms with van der Waals surface area (Å²) in [7, 11) is 0. The molecule has 0 amide bonds. The van der Waals surface area contributed by atoms with Crippen molar-refractivity contribution >= 4 is 0 Å². The Kier molecular flexibility index (Phi) is 2.24. The van der Waals surface area contributed by atoms with Crippen LogP contribution in [0.5, 0.6) is 0 Å². The zero-order chi connectivity index (χ0) is 6.53. The van der Waals surface area contributed by atoms with E-state index in [2.05, 4.69) is 17.0 Å². The number of aryl methyl sites for hydroxylation is 1. The maximum atomic E-state index is 3.96. The van der Waals surface area contributed by atoms with Crippen molar-refractivity contribution in [2.45, 2.75) is 26.3 Å². The lowest BCUT2D eigenvalue weighted by molar-refractivity contribution is 0.570. The van der Waals surface area contributed by atoms with Crippen LogP contribution in [0.1, 0.15) is 19.8 Å². The van der Waals surface area contributed by atoms with Crippen molar-refractivity contribution < 1.29 is 0 Å². The van der Waals surface area contributed by atoms with Crippen LogP contribution in [0.3, 0.4) is 0 Å². The van der Waals surface area contributed by atoms with Gasteiger partial charge in [0.05, 0.1) is 0 Å². The molecule has 3 nitrogen and oxygen atoms in total. The zero-order valence-corrected chi connectivity index (χ0v) is 5.62. The second-order valence-corrected chi connectivity index (χ2v) is 2.01. The fraction of sp³-hybridized carbons (Fsp3) is 0.667. The molecule has 0 radical (unpaired) electrons. The molecule has 0 N–H and O–H groups in total. The normalized spacial score (nSPS) is 9.89. The van der Waals surface area contributed by atoms with Crippen molar-refractivity contribution in [2.75, 3.05) is 0 Å². The van der Waals surface area contributed by atoms with Crippen LogP contribution in [0.15, 0.2) is 12.7 Å². The third-order valence-corrected chi connectivity index (χ3v) is 1.21. The van der Waals surface area contributed by atoms with Gasteiger partial charge in [-0.1, -0.05) is 13.3 Å². The Morgan fingerprint density at radius 2 is 2.44 bits per heavy atom. The van der Waals surface area contributed by atoms with E-state index in [1.54, 1.807) is 12.7 Å². The first kappa shape index (κ1) is 6.26. The van der Waals surface area contributed by atoms with Gasteiger partial charge in [0.1, 0.15) is 12.7 Å². The van der Waals surface area contributed by atoms with Crippen LogP contribution in [0, 0.1) is 0 Å². The SMILES string of the molecule is CCCCn1cncn1. The summed E-state index contributed by atoms with van der Waals surface area (Å²) in [6, 6.07) is 0. The van der Waals surface area contributed by atoms with Crippen LogP contribution in [0.2, 0.25) is 0 Å². The Hall–Kier alpha value is -0.860. The molecule has 0 unspecified atom stereocenters. The summed E-state index contributed by atoms with van der Waals surface area (Å²) in [4.78, 5) is 3.83. The molecule has 50 valence electrons. The fourth-order valence-corrected chi connectivity index (χ4v) is 0.668. The fourth-order valence-electron chi connectivity index (χ4n) is 0.668. The van der Waals surface area contributed by atoms with Crippen molar-refractivity contribution in [1.82, 2.24) is 14.8 Å². The minimum Gasteiger partial charge on any atom is -0.253 e. The van der Waals surface area contributed by atoms with Crippen molar-refractivity contribution in [3.63, 3.8) is 0 Å². The van der Waals surface area contributed by atoms with E-state index in [0.29, 0.717) is 0 Å². The standard InChI is InChI=1S/C6H11N3/c1-2-3-4-9-6-7-5-8-9/h5-6H,2-4H2,1H3. The lowest BCUT2D eigenvalue weighted by Crippen LogP contribution is -1.96. The first-order valence-corrected chi connectivity index (χ1v) is 3.26. The summed E-state index contributed by atoms with van der Waals surface area (Å²) in [5.41, 5.74) is 0. The van der Waals surface area contributed by atoms with Crippen molar-refractivity contribution in [3.8, 4) is 0 Å². The van der Waals surface area contributed by atoms with Crippen molar-refractivity contribution in [1.29, 1.82) is 0 Å². The van der Waals surface area contributed by atoms with Gasteiger partial charge in [-0.25, -0.2) is 4.98 Å². The monoisotopic (exact) mass is 125 g/mol. The predicted octanol–water partition coefficient (Wildman–Crippen LogP) is 1.08. The lowest BCUT2D eigenvalue weighted by Gasteiger charge is -1.94. The highest BCUT2D eigenvalue weighted by atomic mass is 15.3. The molecule has 0 spiro atoms. The van der Waals surface area contributed by atoms with E-state index in [9.17, 15) is 0 Å². The second-order valence-electron chi connectivity index (χ2n) is 2.01. The van der Waals surface area contributed by atoms with E-state index in [-0.39, 0.29) is 0 Å². The van der Waals surface area contributed by atoms with Crippen LogP contribution in [-0.4, -0.2) is 14.8 Å². The van der Waals surface area contributed by atoms with Gasteiger partial charge in [-0.2, -0.15) is 5.10 Å². The van der Waals surface area contributed by atoms with Gasteiger partial charge in [0.2, 0.25) is 0 Å². The van der Waals surface area contributed by atoms with Gasteiger partial charge in [-0.15, -0.1) is 0 Å². The summed E-state index contributed by atoms with van der Waals surface area (Å²) in [5.74, 6) is 0. The van der Waals surface area contributed by atoms with Gasteiger partial charge in [0, 0.05) is 6.54 Å². The van der Waals surface area contributed by atoms with Crippen LogP contribution in [0.25, 0.3) is 0 Å². The van der Waals surface area contributed by atoms with Gasteiger partial charge in [0.15, 0.2) is 0 Å². The molecule has 0 aliphatic rings.